The third kappa shape index (κ3) is 1.95. The molecule has 0 aliphatic carbocycles. The molecule has 0 saturated carbocycles. The zero-order valence-electron chi connectivity index (χ0n) is 10.1. The summed E-state index contributed by atoms with van der Waals surface area (Å²) in [6, 6.07) is 8.91. The summed E-state index contributed by atoms with van der Waals surface area (Å²) in [5, 5.41) is 9.63. The molecule has 3 aromatic rings. The Morgan fingerprint density at radius 1 is 1.32 bits per heavy atom. The van der Waals surface area contributed by atoms with Crippen molar-refractivity contribution in [2.45, 2.75) is 6.92 Å². The van der Waals surface area contributed by atoms with Crippen molar-refractivity contribution >= 4 is 17.1 Å². The number of aryl methyl sites for hydroxylation is 1. The highest BCUT2D eigenvalue weighted by Gasteiger charge is 2.16. The molecule has 5 heteroatoms. The zero-order valence-corrected chi connectivity index (χ0v) is 10.1. The molecule has 0 aliphatic rings. The highest BCUT2D eigenvalue weighted by molar-refractivity contribution is 5.97. The maximum atomic E-state index is 11.0. The third-order valence-corrected chi connectivity index (χ3v) is 2.79. The standard InChI is InChI=1S/C14H10N2O3/c1-8-6-9(11-4-2-3-5-15-11)10-7-12(14(17)18)19-13(10)16-8/h2-7H,1H3,(H,17,18). The molecule has 0 aliphatic heterocycles. The minimum atomic E-state index is -1.11. The highest BCUT2D eigenvalue weighted by Crippen LogP contribution is 2.29. The van der Waals surface area contributed by atoms with Crippen LogP contribution in [0.4, 0.5) is 0 Å². The Kier molecular flexibility index (Phi) is 2.52. The molecule has 5 nitrogen and oxygen atoms in total. The number of carbonyl (C=O) groups is 1. The van der Waals surface area contributed by atoms with E-state index in [1.165, 1.54) is 6.07 Å². The van der Waals surface area contributed by atoms with Gasteiger partial charge in [-0.25, -0.2) is 9.78 Å². The van der Waals surface area contributed by atoms with Crippen molar-refractivity contribution < 1.29 is 14.3 Å². The second-order valence-electron chi connectivity index (χ2n) is 4.16. The summed E-state index contributed by atoms with van der Waals surface area (Å²) in [4.78, 5) is 19.5. The number of carboxylic acid groups (broad SMARTS) is 1. The molecule has 0 radical (unpaired) electrons. The fourth-order valence-electron chi connectivity index (χ4n) is 1.98. The van der Waals surface area contributed by atoms with Crippen LogP contribution in [0.2, 0.25) is 0 Å². The topological polar surface area (TPSA) is 76.2 Å². The molecule has 0 atom stereocenters. The number of furan rings is 1. The van der Waals surface area contributed by atoms with Crippen LogP contribution in [0.25, 0.3) is 22.4 Å². The molecule has 3 rings (SSSR count). The summed E-state index contributed by atoms with van der Waals surface area (Å²) in [7, 11) is 0. The van der Waals surface area contributed by atoms with Gasteiger partial charge in [0.05, 0.1) is 11.1 Å². The van der Waals surface area contributed by atoms with Gasteiger partial charge in [0.25, 0.3) is 0 Å². The molecule has 94 valence electrons. The zero-order chi connectivity index (χ0) is 13.4. The molecule has 0 spiro atoms. The maximum Gasteiger partial charge on any atom is 0.371 e. The summed E-state index contributed by atoms with van der Waals surface area (Å²) in [5.41, 5.74) is 2.65. The summed E-state index contributed by atoms with van der Waals surface area (Å²) < 4.78 is 5.23. The summed E-state index contributed by atoms with van der Waals surface area (Å²) >= 11 is 0. The molecule has 0 amide bonds. The molecule has 0 aromatic carbocycles. The quantitative estimate of drug-likeness (QED) is 0.760. The predicted octanol–water partition coefficient (Wildman–Crippen LogP) is 2.90. The lowest BCUT2D eigenvalue weighted by atomic mass is 10.1. The number of hydrogen-bond acceptors (Lipinski definition) is 4. The van der Waals surface area contributed by atoms with Crippen molar-refractivity contribution in [3.8, 4) is 11.3 Å². The molecule has 0 unspecified atom stereocenters. The van der Waals surface area contributed by atoms with Crippen LogP contribution < -0.4 is 0 Å². The lowest BCUT2D eigenvalue weighted by Gasteiger charge is -2.02. The van der Waals surface area contributed by atoms with Gasteiger partial charge in [-0.3, -0.25) is 4.98 Å². The fraction of sp³-hybridized carbons (Fsp3) is 0.0714. The van der Waals surface area contributed by atoms with Gasteiger partial charge in [-0.05, 0) is 25.1 Å². The molecule has 3 aromatic heterocycles. The Morgan fingerprint density at radius 3 is 2.84 bits per heavy atom. The Balaban J connectivity index is 2.32. The van der Waals surface area contributed by atoms with Crippen LogP contribution in [-0.4, -0.2) is 21.0 Å². The number of aromatic carboxylic acids is 1. The van der Waals surface area contributed by atoms with Gasteiger partial charge in [-0.1, -0.05) is 6.07 Å². The van der Waals surface area contributed by atoms with Crippen molar-refractivity contribution in [3.63, 3.8) is 0 Å². The largest absolute Gasteiger partial charge is 0.475 e. The average molecular weight is 254 g/mol. The van der Waals surface area contributed by atoms with E-state index in [0.717, 1.165) is 17.0 Å². The van der Waals surface area contributed by atoms with Crippen LogP contribution in [0.15, 0.2) is 40.9 Å². The minimum Gasteiger partial charge on any atom is -0.475 e. The molecular formula is C14H10N2O3. The van der Waals surface area contributed by atoms with Crippen LogP contribution in [0.1, 0.15) is 16.2 Å². The lowest BCUT2D eigenvalue weighted by molar-refractivity contribution is 0.0664. The van der Waals surface area contributed by atoms with Crippen molar-refractivity contribution in [1.82, 2.24) is 9.97 Å². The van der Waals surface area contributed by atoms with Crippen LogP contribution in [0, 0.1) is 6.92 Å². The molecule has 0 fully saturated rings. The molecule has 3 heterocycles. The van der Waals surface area contributed by atoms with Crippen LogP contribution in [-0.2, 0) is 0 Å². The molecular weight excluding hydrogens is 244 g/mol. The first-order chi connectivity index (χ1) is 9.15. The monoisotopic (exact) mass is 254 g/mol. The second-order valence-corrected chi connectivity index (χ2v) is 4.16. The average Bonchev–Trinajstić information content (AvgIpc) is 2.82. The van der Waals surface area contributed by atoms with E-state index < -0.39 is 5.97 Å². The summed E-state index contributed by atoms with van der Waals surface area (Å²) in [6.07, 6.45) is 1.69. The van der Waals surface area contributed by atoms with Gasteiger partial charge in [0, 0.05) is 23.5 Å². The van der Waals surface area contributed by atoms with Crippen LogP contribution in [0.3, 0.4) is 0 Å². The SMILES string of the molecule is Cc1cc(-c2ccccn2)c2cc(C(=O)O)oc2n1. The van der Waals surface area contributed by atoms with Gasteiger partial charge in [-0.15, -0.1) is 0 Å². The number of nitrogens with zero attached hydrogens (tertiary/aromatic N) is 2. The van der Waals surface area contributed by atoms with E-state index in [4.69, 9.17) is 9.52 Å². The molecule has 0 bridgehead atoms. The van der Waals surface area contributed by atoms with E-state index in [-0.39, 0.29) is 5.76 Å². The number of pyridine rings is 2. The van der Waals surface area contributed by atoms with E-state index in [2.05, 4.69) is 9.97 Å². The lowest BCUT2D eigenvalue weighted by Crippen LogP contribution is -1.91. The number of carboxylic acids is 1. The molecule has 19 heavy (non-hydrogen) atoms. The van der Waals surface area contributed by atoms with E-state index in [9.17, 15) is 4.79 Å². The van der Waals surface area contributed by atoms with E-state index in [0.29, 0.717) is 11.1 Å². The van der Waals surface area contributed by atoms with Crippen molar-refractivity contribution in [2.75, 3.05) is 0 Å². The van der Waals surface area contributed by atoms with Gasteiger partial charge in [0.2, 0.25) is 11.5 Å². The van der Waals surface area contributed by atoms with Gasteiger partial charge < -0.3 is 9.52 Å². The van der Waals surface area contributed by atoms with Crippen LogP contribution in [0.5, 0.6) is 0 Å². The molecule has 0 saturated heterocycles. The smallest absolute Gasteiger partial charge is 0.371 e. The Hall–Kier alpha value is -2.69. The van der Waals surface area contributed by atoms with Crippen molar-refractivity contribution in [1.29, 1.82) is 0 Å². The fourth-order valence-corrected chi connectivity index (χ4v) is 1.98. The first kappa shape index (κ1) is 11.4. The highest BCUT2D eigenvalue weighted by atomic mass is 16.4. The number of hydrogen-bond donors (Lipinski definition) is 1. The predicted molar refractivity (Wildman–Crippen MR) is 68.9 cm³/mol. The van der Waals surface area contributed by atoms with E-state index in [1.54, 1.807) is 6.20 Å². The van der Waals surface area contributed by atoms with Crippen LogP contribution >= 0.6 is 0 Å². The summed E-state index contributed by atoms with van der Waals surface area (Å²) in [6.45, 7) is 1.83. The first-order valence-electron chi connectivity index (χ1n) is 5.71. The Bertz CT molecular complexity index is 763. The third-order valence-electron chi connectivity index (χ3n) is 2.79. The van der Waals surface area contributed by atoms with Gasteiger partial charge in [0.1, 0.15) is 0 Å². The Labute approximate surface area is 108 Å². The van der Waals surface area contributed by atoms with Gasteiger partial charge >= 0.3 is 5.97 Å². The van der Waals surface area contributed by atoms with Crippen molar-refractivity contribution in [2.24, 2.45) is 0 Å². The van der Waals surface area contributed by atoms with E-state index in [1.807, 2.05) is 31.2 Å². The molecule has 1 N–H and O–H groups in total. The summed E-state index contributed by atoms with van der Waals surface area (Å²) in [5.74, 6) is -1.23. The number of rotatable bonds is 2. The maximum absolute atomic E-state index is 11.0. The minimum absolute atomic E-state index is 0.120. The Morgan fingerprint density at radius 2 is 2.16 bits per heavy atom. The normalized spacial score (nSPS) is 10.8. The number of fused-ring (bicyclic) bond motifs is 1. The first-order valence-corrected chi connectivity index (χ1v) is 5.71. The second kappa shape index (κ2) is 4.20. The van der Waals surface area contributed by atoms with Gasteiger partial charge in [0.15, 0.2) is 0 Å². The van der Waals surface area contributed by atoms with E-state index >= 15 is 0 Å². The van der Waals surface area contributed by atoms with Crippen molar-refractivity contribution in [3.05, 3.63) is 48.0 Å². The van der Waals surface area contributed by atoms with Gasteiger partial charge in [-0.2, -0.15) is 0 Å². The number of aromatic nitrogens is 2.